The third-order valence-electron chi connectivity index (χ3n) is 2.39. The number of para-hydroxylation sites is 1. The number of aliphatic hydroxyl groups is 2. The monoisotopic (exact) mass is 238 g/mol. The minimum Gasteiger partial charge on any atom is -0.739 e. The standard InChI is InChI=1S/C9H10N4O4/c10-9-11-13(17)6-3-1-2-5(7(15)4-14)8(6)12(9)16/h1-3,7,14-15H,4H2,(H2,10,11). The van der Waals surface area contributed by atoms with E-state index in [1.807, 2.05) is 0 Å². The molecule has 8 nitrogen and oxygen atoms in total. The average molecular weight is 238 g/mol. The predicted molar refractivity (Wildman–Crippen MR) is 56.1 cm³/mol. The number of nitrogens with zero attached hydrogens (tertiary/aromatic N) is 3. The van der Waals surface area contributed by atoms with E-state index in [2.05, 4.69) is 5.10 Å². The highest BCUT2D eigenvalue weighted by atomic mass is 16.5. The van der Waals surface area contributed by atoms with Crippen LogP contribution in [0.4, 0.5) is 5.95 Å². The summed E-state index contributed by atoms with van der Waals surface area (Å²) >= 11 is 0. The number of aliphatic hydroxyl groups excluding tert-OH is 2. The second kappa shape index (κ2) is 4.00. The van der Waals surface area contributed by atoms with Crippen LogP contribution in [-0.4, -0.2) is 21.9 Å². The molecule has 90 valence electrons. The molecule has 17 heavy (non-hydrogen) atoms. The molecular weight excluding hydrogens is 228 g/mol. The van der Waals surface area contributed by atoms with Gasteiger partial charge in [-0.1, -0.05) is 12.1 Å². The Kier molecular flexibility index (Phi) is 2.66. The van der Waals surface area contributed by atoms with Gasteiger partial charge in [0.15, 0.2) is 5.52 Å². The van der Waals surface area contributed by atoms with E-state index in [9.17, 15) is 15.5 Å². The lowest BCUT2D eigenvalue weighted by molar-refractivity contribution is -0.672. The van der Waals surface area contributed by atoms with E-state index in [0.717, 1.165) is 0 Å². The van der Waals surface area contributed by atoms with E-state index in [1.165, 1.54) is 18.2 Å². The van der Waals surface area contributed by atoms with Crippen molar-refractivity contribution >= 4 is 17.0 Å². The molecule has 0 aliphatic rings. The number of rotatable bonds is 2. The smallest absolute Gasteiger partial charge is 0.458 e. The minimum atomic E-state index is -1.26. The zero-order valence-corrected chi connectivity index (χ0v) is 8.65. The molecule has 4 N–H and O–H groups in total. The van der Waals surface area contributed by atoms with Crippen LogP contribution in [0.2, 0.25) is 0 Å². The molecule has 1 atom stereocenters. The number of fused-ring (bicyclic) bond motifs is 1. The summed E-state index contributed by atoms with van der Waals surface area (Å²) < 4.78 is 0.248. The normalized spacial score (nSPS) is 12.8. The van der Waals surface area contributed by atoms with Crippen molar-refractivity contribution in [3.05, 3.63) is 34.2 Å². The van der Waals surface area contributed by atoms with Gasteiger partial charge in [-0.15, -0.1) is 0 Å². The summed E-state index contributed by atoms with van der Waals surface area (Å²) in [4.78, 5) is 0.201. The number of hydrogen-bond acceptors (Lipinski definition) is 6. The first-order chi connectivity index (χ1) is 8.06. The molecule has 1 aromatic carbocycles. The van der Waals surface area contributed by atoms with Gasteiger partial charge in [0.2, 0.25) is 5.10 Å². The molecule has 0 aliphatic carbocycles. The molecule has 2 rings (SSSR count). The van der Waals surface area contributed by atoms with Crippen LogP contribution in [0.15, 0.2) is 18.2 Å². The van der Waals surface area contributed by atoms with Gasteiger partial charge in [-0.3, -0.25) is 5.73 Å². The summed E-state index contributed by atoms with van der Waals surface area (Å²) in [6.07, 6.45) is -1.26. The van der Waals surface area contributed by atoms with Crippen molar-refractivity contribution in [2.75, 3.05) is 12.3 Å². The number of aromatic nitrogens is 3. The molecule has 0 saturated heterocycles. The zero-order valence-electron chi connectivity index (χ0n) is 8.65. The van der Waals surface area contributed by atoms with Gasteiger partial charge in [0.25, 0.3) is 5.52 Å². The molecule has 0 amide bonds. The number of nitrogen functional groups attached to an aromatic ring is 1. The molecule has 0 saturated carbocycles. The Hall–Kier alpha value is -2.19. The molecule has 1 aromatic heterocycles. The van der Waals surface area contributed by atoms with Gasteiger partial charge in [-0.25, -0.2) is 4.73 Å². The summed E-state index contributed by atoms with van der Waals surface area (Å²) in [6.45, 7) is -0.569. The van der Waals surface area contributed by atoms with Crippen molar-refractivity contribution in [2.45, 2.75) is 6.10 Å². The van der Waals surface area contributed by atoms with Crippen molar-refractivity contribution in [1.29, 1.82) is 0 Å². The second-order valence-corrected chi connectivity index (χ2v) is 3.44. The summed E-state index contributed by atoms with van der Waals surface area (Å²) in [7, 11) is 0. The third kappa shape index (κ3) is 1.69. The maximum atomic E-state index is 11.7. The number of hydrogen-bond donors (Lipinski definition) is 3. The Morgan fingerprint density at radius 1 is 1.41 bits per heavy atom. The van der Waals surface area contributed by atoms with Crippen LogP contribution in [0.1, 0.15) is 11.7 Å². The Morgan fingerprint density at radius 3 is 2.76 bits per heavy atom. The first kappa shape index (κ1) is 11.3. The number of anilines is 1. The SMILES string of the molecule is Nc1n[n+]([O-])c2cccc(C(O)CO)c2[n+]1[O-]. The topological polar surface area (TPSA) is 133 Å². The molecular formula is C9H10N4O4. The largest absolute Gasteiger partial charge is 0.739 e. The molecule has 0 bridgehead atoms. The van der Waals surface area contributed by atoms with E-state index in [4.69, 9.17) is 10.8 Å². The molecule has 0 aliphatic heterocycles. The lowest BCUT2D eigenvalue weighted by Crippen LogP contribution is -2.44. The summed E-state index contributed by atoms with van der Waals surface area (Å²) in [5.74, 6) is -0.523. The highest BCUT2D eigenvalue weighted by Crippen LogP contribution is 2.19. The Bertz CT molecular complexity index is 574. The lowest BCUT2D eigenvalue weighted by Gasteiger charge is -2.13. The zero-order chi connectivity index (χ0) is 12.6. The molecule has 0 fully saturated rings. The van der Waals surface area contributed by atoms with Gasteiger partial charge >= 0.3 is 5.95 Å². The molecule has 1 unspecified atom stereocenters. The number of benzene rings is 1. The maximum absolute atomic E-state index is 11.7. The fourth-order valence-electron chi connectivity index (χ4n) is 1.59. The van der Waals surface area contributed by atoms with E-state index in [-0.39, 0.29) is 26.2 Å². The Labute approximate surface area is 95.3 Å². The molecule has 1 heterocycles. The van der Waals surface area contributed by atoms with Gasteiger partial charge in [0.05, 0.1) is 6.61 Å². The van der Waals surface area contributed by atoms with Gasteiger partial charge in [-0.2, -0.15) is 0 Å². The van der Waals surface area contributed by atoms with Gasteiger partial charge in [0, 0.05) is 16.5 Å². The summed E-state index contributed by atoms with van der Waals surface area (Å²) in [6, 6.07) is 4.27. The molecule has 0 spiro atoms. The van der Waals surface area contributed by atoms with E-state index in [1.54, 1.807) is 0 Å². The van der Waals surface area contributed by atoms with Crippen LogP contribution >= 0.6 is 0 Å². The van der Waals surface area contributed by atoms with Gasteiger partial charge < -0.3 is 20.6 Å². The molecule has 8 heteroatoms. The second-order valence-electron chi connectivity index (χ2n) is 3.44. The van der Waals surface area contributed by atoms with Crippen LogP contribution in [0.3, 0.4) is 0 Å². The quantitative estimate of drug-likeness (QED) is 0.413. The van der Waals surface area contributed by atoms with Gasteiger partial charge in [-0.05, 0) is 0 Å². The number of nitrogens with two attached hydrogens (primary N) is 1. The highest BCUT2D eigenvalue weighted by molar-refractivity contribution is 5.72. The first-order valence-corrected chi connectivity index (χ1v) is 4.76. The fourth-order valence-corrected chi connectivity index (χ4v) is 1.59. The predicted octanol–water partition coefficient (Wildman–Crippen LogP) is -1.89. The van der Waals surface area contributed by atoms with Crippen molar-refractivity contribution in [3.63, 3.8) is 0 Å². The fraction of sp³-hybridized carbons (Fsp3) is 0.222. The maximum Gasteiger partial charge on any atom is 0.458 e. The first-order valence-electron chi connectivity index (χ1n) is 4.76. The van der Waals surface area contributed by atoms with Gasteiger partial charge in [0.1, 0.15) is 6.10 Å². The van der Waals surface area contributed by atoms with Crippen molar-refractivity contribution in [1.82, 2.24) is 5.10 Å². The van der Waals surface area contributed by atoms with E-state index < -0.39 is 18.7 Å². The van der Waals surface area contributed by atoms with E-state index >= 15 is 0 Å². The summed E-state index contributed by atoms with van der Waals surface area (Å²) in [5.41, 5.74) is 5.27. The van der Waals surface area contributed by atoms with E-state index in [0.29, 0.717) is 0 Å². The summed E-state index contributed by atoms with van der Waals surface area (Å²) in [5, 5.41) is 44.9. The van der Waals surface area contributed by atoms with Crippen molar-refractivity contribution < 1.29 is 19.8 Å². The Balaban J connectivity index is 2.87. The van der Waals surface area contributed by atoms with Crippen molar-refractivity contribution in [2.24, 2.45) is 0 Å². The van der Waals surface area contributed by atoms with Crippen LogP contribution in [0.5, 0.6) is 0 Å². The molecule has 0 radical (unpaired) electrons. The third-order valence-corrected chi connectivity index (χ3v) is 2.39. The minimum absolute atomic E-state index is 0.0285. The van der Waals surface area contributed by atoms with Crippen LogP contribution in [-0.2, 0) is 0 Å². The lowest BCUT2D eigenvalue weighted by atomic mass is 10.1. The molecule has 2 aromatic rings. The Morgan fingerprint density at radius 2 is 2.12 bits per heavy atom. The van der Waals surface area contributed by atoms with Crippen LogP contribution < -0.4 is 15.3 Å². The van der Waals surface area contributed by atoms with Crippen LogP contribution in [0, 0.1) is 10.4 Å². The van der Waals surface area contributed by atoms with Crippen LogP contribution in [0.25, 0.3) is 11.0 Å². The highest BCUT2D eigenvalue weighted by Gasteiger charge is 2.22. The van der Waals surface area contributed by atoms with Crippen molar-refractivity contribution in [3.8, 4) is 0 Å². The average Bonchev–Trinajstić information content (AvgIpc) is 2.34.